The zero-order valence-corrected chi connectivity index (χ0v) is 44.8. The summed E-state index contributed by atoms with van der Waals surface area (Å²) in [6.45, 7) is 17.6. The average molecular weight is 1060 g/mol. The zero-order chi connectivity index (χ0) is 50.3. The van der Waals surface area contributed by atoms with Gasteiger partial charge in [-0.25, -0.2) is 4.98 Å². The van der Waals surface area contributed by atoms with Gasteiger partial charge in [0, 0.05) is 111 Å². The first-order chi connectivity index (χ1) is 34.8. The molecule has 0 bridgehead atoms. The van der Waals surface area contributed by atoms with Crippen LogP contribution in [-0.4, -0.2) is 119 Å². The van der Waals surface area contributed by atoms with Crippen LogP contribution in [0.3, 0.4) is 0 Å². The lowest BCUT2D eigenvalue weighted by molar-refractivity contribution is -0.136. The predicted molar refractivity (Wildman–Crippen MR) is 291 cm³/mol. The molecule has 1 atom stereocenters. The summed E-state index contributed by atoms with van der Waals surface area (Å²) in [7, 11) is -2.65. The monoisotopic (exact) mass is 1060 g/mol. The van der Waals surface area contributed by atoms with Gasteiger partial charge in [-0.1, -0.05) is 32.0 Å². The Bertz CT molecular complexity index is 2940. The van der Waals surface area contributed by atoms with Crippen LogP contribution in [0.25, 0.3) is 10.9 Å². The number of piperidine rings is 2. The van der Waals surface area contributed by atoms with Crippen molar-refractivity contribution in [3.63, 3.8) is 0 Å². The van der Waals surface area contributed by atoms with Gasteiger partial charge in [-0.3, -0.25) is 34.5 Å². The molecule has 0 radical (unpaired) electrons. The minimum atomic E-state index is -2.65. The van der Waals surface area contributed by atoms with E-state index in [0.717, 1.165) is 147 Å². The fraction of sp³-hybridized carbons (Fsp3) is 0.491. The summed E-state index contributed by atoms with van der Waals surface area (Å²) in [4.78, 5) is 62.6. The summed E-state index contributed by atoms with van der Waals surface area (Å²) < 4.78 is 21.6. The Balaban J connectivity index is 0.776. The van der Waals surface area contributed by atoms with E-state index in [1.54, 1.807) is 11.1 Å². The van der Waals surface area contributed by atoms with E-state index in [1.165, 1.54) is 11.3 Å². The number of aryl methyl sites for hydroxylation is 2. The molecule has 3 aromatic carbocycles. The van der Waals surface area contributed by atoms with Crippen LogP contribution >= 0.6 is 23.1 Å². The standard InChI is InChI=1S/C55H68BrN10O5P/c1-6-35-32-43(60-54-57-34-40(56)51(62-54)59-42-17-16-41-39(15-14-37(7-2)58-41)50(42)72(70)30-9-10-31-72)47(71-8-3)33-46(35)65-24-21-38(22-25-65)64-28-26-63(27-29-64)23-20-36-12-11-13-44-49(36)55(4,5)53(69)66(44)45-18-19-48(67)61-52(45)68/h11-17,32-34,38,45H,6-10,18-31H2,1-5H3,(H,61,67,68)(H2,57,59,60,62). The lowest BCUT2D eigenvalue weighted by Crippen LogP contribution is -2.55. The lowest BCUT2D eigenvalue weighted by Gasteiger charge is -2.43. The summed E-state index contributed by atoms with van der Waals surface area (Å²) in [6.07, 6.45) is 10.3. The Kier molecular flexibility index (Phi) is 14.5. The van der Waals surface area contributed by atoms with Crippen LogP contribution in [0, 0.1) is 0 Å². The normalized spacial score (nSPS) is 20.5. The molecule has 0 spiro atoms. The molecule has 4 saturated heterocycles. The van der Waals surface area contributed by atoms with Crippen molar-refractivity contribution in [1.29, 1.82) is 0 Å². The van der Waals surface area contributed by atoms with Gasteiger partial charge >= 0.3 is 0 Å². The molecule has 5 aliphatic heterocycles. The van der Waals surface area contributed by atoms with Gasteiger partial charge in [0.2, 0.25) is 23.7 Å². The van der Waals surface area contributed by atoms with E-state index in [2.05, 4.69) is 89.7 Å². The summed E-state index contributed by atoms with van der Waals surface area (Å²) >= 11 is 3.69. The van der Waals surface area contributed by atoms with Crippen molar-refractivity contribution in [3.8, 4) is 5.75 Å². The number of benzene rings is 3. The highest BCUT2D eigenvalue weighted by Crippen LogP contribution is 2.54. The number of piperazine rings is 1. The van der Waals surface area contributed by atoms with Crippen LogP contribution in [-0.2, 0) is 43.6 Å². The number of hydrogen-bond donors (Lipinski definition) is 3. The highest BCUT2D eigenvalue weighted by Gasteiger charge is 2.50. The van der Waals surface area contributed by atoms with E-state index >= 15 is 0 Å². The molecule has 17 heteroatoms. The van der Waals surface area contributed by atoms with Gasteiger partial charge in [0.15, 0.2) is 0 Å². The number of fused-ring (bicyclic) bond motifs is 2. The van der Waals surface area contributed by atoms with E-state index in [-0.39, 0.29) is 18.2 Å². The molecule has 72 heavy (non-hydrogen) atoms. The number of nitrogens with zero attached hydrogens (tertiary/aromatic N) is 7. The second kappa shape index (κ2) is 20.8. The van der Waals surface area contributed by atoms with Gasteiger partial charge in [0.25, 0.3) is 0 Å². The lowest BCUT2D eigenvalue weighted by atomic mass is 9.82. The summed E-state index contributed by atoms with van der Waals surface area (Å²) in [6, 6.07) is 18.5. The topological polar surface area (TPSA) is 165 Å². The first-order valence-corrected chi connectivity index (χ1v) is 29.0. The molecular weight excluding hydrogens is 992 g/mol. The number of aromatic nitrogens is 3. The van der Waals surface area contributed by atoms with E-state index in [0.29, 0.717) is 47.6 Å². The molecule has 0 saturated carbocycles. The number of rotatable bonds is 15. The molecule has 2 aromatic heterocycles. The van der Waals surface area contributed by atoms with Crippen molar-refractivity contribution in [1.82, 2.24) is 30.1 Å². The molecule has 3 amide bonds. The number of amides is 3. The largest absolute Gasteiger partial charge is 0.492 e. The molecule has 3 N–H and O–H groups in total. The third-order valence-corrected chi connectivity index (χ3v) is 19.7. The van der Waals surface area contributed by atoms with Crippen molar-refractivity contribution >= 4 is 91.5 Å². The van der Waals surface area contributed by atoms with Gasteiger partial charge in [-0.05, 0) is 135 Å². The van der Waals surface area contributed by atoms with E-state index < -0.39 is 24.5 Å². The number of pyridine rings is 1. The maximum atomic E-state index is 14.6. The van der Waals surface area contributed by atoms with Gasteiger partial charge in [0.1, 0.15) is 24.8 Å². The van der Waals surface area contributed by atoms with E-state index in [4.69, 9.17) is 14.7 Å². The number of hydrogen-bond acceptors (Lipinski definition) is 13. The maximum absolute atomic E-state index is 14.6. The number of carbonyl (C=O) groups is 3. The predicted octanol–water partition coefficient (Wildman–Crippen LogP) is 8.84. The van der Waals surface area contributed by atoms with Crippen molar-refractivity contribution < 1.29 is 23.7 Å². The molecule has 5 aromatic rings. The van der Waals surface area contributed by atoms with Crippen molar-refractivity contribution in [2.24, 2.45) is 0 Å². The first-order valence-electron chi connectivity index (χ1n) is 26.2. The van der Waals surface area contributed by atoms with Crippen molar-refractivity contribution in [3.05, 3.63) is 87.7 Å². The van der Waals surface area contributed by atoms with Crippen LogP contribution in [0.5, 0.6) is 5.75 Å². The fourth-order valence-corrected chi connectivity index (χ4v) is 15.6. The molecule has 380 valence electrons. The molecule has 1 unspecified atom stereocenters. The van der Waals surface area contributed by atoms with Crippen LogP contribution in [0.2, 0.25) is 0 Å². The van der Waals surface area contributed by atoms with Gasteiger partial charge in [-0.2, -0.15) is 4.98 Å². The summed E-state index contributed by atoms with van der Waals surface area (Å²) in [5.41, 5.74) is 8.11. The molecule has 5 aliphatic rings. The highest BCUT2D eigenvalue weighted by atomic mass is 79.9. The van der Waals surface area contributed by atoms with E-state index in [9.17, 15) is 18.9 Å². The number of nitrogens with one attached hydrogen (secondary N) is 3. The first kappa shape index (κ1) is 50.1. The van der Waals surface area contributed by atoms with Gasteiger partial charge in [-0.15, -0.1) is 0 Å². The number of carbonyl (C=O) groups excluding carboxylic acids is 3. The van der Waals surface area contributed by atoms with Gasteiger partial charge in [0.05, 0.1) is 33.4 Å². The Morgan fingerprint density at radius 1 is 0.847 bits per heavy atom. The van der Waals surface area contributed by atoms with Crippen LogP contribution in [0.15, 0.2) is 65.3 Å². The second-order valence-electron chi connectivity index (χ2n) is 20.6. The Hall–Kier alpha value is -5.41. The second-order valence-corrected chi connectivity index (χ2v) is 24.5. The number of anilines is 6. The average Bonchev–Trinajstić information content (AvgIpc) is 3.92. The summed E-state index contributed by atoms with van der Waals surface area (Å²) in [5.74, 6) is 0.987. The molecule has 7 heterocycles. The molecular formula is C55H68BrN10O5P. The third-order valence-electron chi connectivity index (χ3n) is 15.8. The maximum Gasteiger partial charge on any atom is 0.249 e. The molecule has 10 rings (SSSR count). The minimum Gasteiger partial charge on any atom is -0.492 e. The number of imide groups is 1. The van der Waals surface area contributed by atoms with Gasteiger partial charge < -0.3 is 29.7 Å². The smallest absolute Gasteiger partial charge is 0.249 e. The highest BCUT2D eigenvalue weighted by molar-refractivity contribution is 9.10. The quantitative estimate of drug-likeness (QED) is 0.0674. The van der Waals surface area contributed by atoms with E-state index in [1.807, 2.05) is 51.1 Å². The number of ether oxygens (including phenoxy) is 1. The molecule has 4 fully saturated rings. The number of halogens is 1. The SMILES string of the molecule is CCOc1cc(N2CCC(N3CCN(CCc4cccc5c4C(C)(C)C(=O)N5C4CCC(=O)NC4=O)CC3)CC2)c(CC)cc1Nc1ncc(Br)c(Nc2ccc3nc(CC)ccc3c2P2(=O)CCCC2)n1. The zero-order valence-electron chi connectivity index (χ0n) is 42.4. The Labute approximate surface area is 431 Å². The van der Waals surface area contributed by atoms with Crippen molar-refractivity contribution in [2.75, 3.05) is 85.2 Å². The van der Waals surface area contributed by atoms with Crippen LogP contribution in [0.4, 0.5) is 34.5 Å². The summed E-state index contributed by atoms with van der Waals surface area (Å²) in [5, 5.41) is 11.3. The van der Waals surface area contributed by atoms with Crippen LogP contribution in [0.1, 0.15) is 95.5 Å². The fourth-order valence-electron chi connectivity index (χ4n) is 11.9. The molecule has 15 nitrogen and oxygen atoms in total. The Morgan fingerprint density at radius 2 is 1.62 bits per heavy atom. The Morgan fingerprint density at radius 3 is 2.35 bits per heavy atom. The minimum absolute atomic E-state index is 0.0833. The molecule has 0 aliphatic carbocycles. The third kappa shape index (κ3) is 9.76. The van der Waals surface area contributed by atoms with Crippen molar-refractivity contribution in [2.45, 2.75) is 110 Å². The van der Waals surface area contributed by atoms with Crippen LogP contribution < -0.4 is 35.8 Å².